The maximum atomic E-state index is 11.4. The lowest BCUT2D eigenvalue weighted by Crippen LogP contribution is -2.11. The van der Waals surface area contributed by atoms with Gasteiger partial charge in [-0.2, -0.15) is 0 Å². The molecule has 0 aliphatic carbocycles. The standard InChI is InChI=1S/C12H10ClNO3/c1-2-3-4-11(15)14-10-6-5-8(12(16)17)7-9(10)13/h1,5-7H,3-4H2,(H,14,15)(H,16,17). The molecule has 0 spiro atoms. The molecule has 2 N–H and O–H groups in total. The molecule has 88 valence electrons. The number of hydrogen-bond donors (Lipinski definition) is 2. The van der Waals surface area contributed by atoms with E-state index in [0.29, 0.717) is 12.1 Å². The van der Waals surface area contributed by atoms with Crippen LogP contribution in [0.2, 0.25) is 5.02 Å². The van der Waals surface area contributed by atoms with Crippen molar-refractivity contribution in [2.24, 2.45) is 0 Å². The lowest BCUT2D eigenvalue weighted by atomic mass is 10.2. The third kappa shape index (κ3) is 3.82. The summed E-state index contributed by atoms with van der Waals surface area (Å²) in [5.74, 6) is 1.02. The lowest BCUT2D eigenvalue weighted by molar-refractivity contribution is -0.116. The van der Waals surface area contributed by atoms with Crippen LogP contribution in [-0.4, -0.2) is 17.0 Å². The molecular formula is C12H10ClNO3. The average Bonchev–Trinajstić information content (AvgIpc) is 2.28. The van der Waals surface area contributed by atoms with Gasteiger partial charge in [-0.05, 0) is 18.2 Å². The molecule has 4 nitrogen and oxygen atoms in total. The molecule has 0 saturated carbocycles. The van der Waals surface area contributed by atoms with Gasteiger partial charge in [0, 0.05) is 12.8 Å². The number of aromatic carboxylic acids is 1. The van der Waals surface area contributed by atoms with Crippen LogP contribution in [-0.2, 0) is 4.79 Å². The second-order valence-electron chi connectivity index (χ2n) is 3.25. The van der Waals surface area contributed by atoms with Crippen molar-refractivity contribution in [3.8, 4) is 12.3 Å². The number of carboxylic acid groups (broad SMARTS) is 1. The van der Waals surface area contributed by atoms with Crippen molar-refractivity contribution in [1.82, 2.24) is 0 Å². The fourth-order valence-electron chi connectivity index (χ4n) is 1.15. The zero-order chi connectivity index (χ0) is 12.8. The minimum absolute atomic E-state index is 0.0663. The monoisotopic (exact) mass is 251 g/mol. The molecule has 1 aromatic carbocycles. The number of rotatable bonds is 4. The van der Waals surface area contributed by atoms with Gasteiger partial charge in [-0.15, -0.1) is 12.3 Å². The highest BCUT2D eigenvalue weighted by Crippen LogP contribution is 2.23. The van der Waals surface area contributed by atoms with Crippen molar-refractivity contribution in [1.29, 1.82) is 0 Å². The van der Waals surface area contributed by atoms with Crippen molar-refractivity contribution < 1.29 is 14.7 Å². The maximum absolute atomic E-state index is 11.4. The van der Waals surface area contributed by atoms with Gasteiger partial charge in [-0.1, -0.05) is 11.6 Å². The van der Waals surface area contributed by atoms with Crippen LogP contribution in [0, 0.1) is 12.3 Å². The number of benzene rings is 1. The van der Waals surface area contributed by atoms with Crippen molar-refractivity contribution >= 4 is 29.2 Å². The molecule has 1 aromatic rings. The predicted molar refractivity (Wildman–Crippen MR) is 65.1 cm³/mol. The van der Waals surface area contributed by atoms with Gasteiger partial charge < -0.3 is 10.4 Å². The van der Waals surface area contributed by atoms with E-state index >= 15 is 0 Å². The average molecular weight is 252 g/mol. The fourth-order valence-corrected chi connectivity index (χ4v) is 1.38. The van der Waals surface area contributed by atoms with E-state index < -0.39 is 5.97 Å². The zero-order valence-electron chi connectivity index (χ0n) is 8.87. The van der Waals surface area contributed by atoms with E-state index in [-0.39, 0.29) is 22.9 Å². The van der Waals surface area contributed by atoms with E-state index in [1.807, 2.05) is 0 Å². The lowest BCUT2D eigenvalue weighted by Gasteiger charge is -2.06. The first-order valence-electron chi connectivity index (χ1n) is 4.80. The van der Waals surface area contributed by atoms with Gasteiger partial charge in [0.2, 0.25) is 5.91 Å². The van der Waals surface area contributed by atoms with Crippen LogP contribution in [0.25, 0.3) is 0 Å². The number of carbonyl (C=O) groups is 2. The van der Waals surface area contributed by atoms with E-state index in [4.69, 9.17) is 23.1 Å². The van der Waals surface area contributed by atoms with Crippen LogP contribution in [0.1, 0.15) is 23.2 Å². The Morgan fingerprint density at radius 2 is 2.18 bits per heavy atom. The first-order valence-corrected chi connectivity index (χ1v) is 5.18. The van der Waals surface area contributed by atoms with E-state index in [2.05, 4.69) is 11.2 Å². The smallest absolute Gasteiger partial charge is 0.335 e. The van der Waals surface area contributed by atoms with E-state index in [0.717, 1.165) is 0 Å². The molecule has 0 fully saturated rings. The summed E-state index contributed by atoms with van der Waals surface area (Å²) in [6.45, 7) is 0. The third-order valence-electron chi connectivity index (χ3n) is 1.99. The number of hydrogen-bond acceptors (Lipinski definition) is 2. The Labute approximate surface area is 104 Å². The molecule has 0 aromatic heterocycles. The summed E-state index contributed by atoms with van der Waals surface area (Å²) < 4.78 is 0. The molecule has 1 amide bonds. The number of amides is 1. The summed E-state index contributed by atoms with van der Waals surface area (Å²) in [6.07, 6.45) is 5.58. The van der Waals surface area contributed by atoms with Gasteiger partial charge in [0.15, 0.2) is 0 Å². The highest BCUT2D eigenvalue weighted by atomic mass is 35.5. The van der Waals surface area contributed by atoms with Crippen LogP contribution >= 0.6 is 11.6 Å². The summed E-state index contributed by atoms with van der Waals surface area (Å²) in [7, 11) is 0. The highest BCUT2D eigenvalue weighted by molar-refractivity contribution is 6.34. The topological polar surface area (TPSA) is 66.4 Å². The molecule has 0 radical (unpaired) electrons. The summed E-state index contributed by atoms with van der Waals surface area (Å²) in [4.78, 5) is 22.0. The Kier molecular flexibility index (Phi) is 4.56. The number of carboxylic acids is 1. The second-order valence-corrected chi connectivity index (χ2v) is 3.66. The minimum atomic E-state index is -1.07. The van der Waals surface area contributed by atoms with Crippen LogP contribution in [0.3, 0.4) is 0 Å². The molecule has 0 heterocycles. The first kappa shape index (κ1) is 13.1. The molecular weight excluding hydrogens is 242 g/mol. The van der Waals surface area contributed by atoms with Crippen molar-refractivity contribution in [3.05, 3.63) is 28.8 Å². The van der Waals surface area contributed by atoms with E-state index in [1.165, 1.54) is 18.2 Å². The molecule has 1 rings (SSSR count). The van der Waals surface area contributed by atoms with Gasteiger partial charge in [0.1, 0.15) is 0 Å². The molecule has 0 saturated heterocycles. The maximum Gasteiger partial charge on any atom is 0.335 e. The fraction of sp³-hybridized carbons (Fsp3) is 0.167. The van der Waals surface area contributed by atoms with Gasteiger partial charge in [0.25, 0.3) is 0 Å². The molecule has 0 unspecified atom stereocenters. The molecule has 17 heavy (non-hydrogen) atoms. The number of anilines is 1. The number of carbonyl (C=O) groups excluding carboxylic acids is 1. The molecule has 5 heteroatoms. The van der Waals surface area contributed by atoms with E-state index in [1.54, 1.807) is 0 Å². The SMILES string of the molecule is C#CCCC(=O)Nc1ccc(C(=O)O)cc1Cl. The van der Waals surface area contributed by atoms with Crippen LogP contribution in [0.15, 0.2) is 18.2 Å². The summed E-state index contributed by atoms with van der Waals surface area (Å²) in [6, 6.07) is 4.09. The van der Waals surface area contributed by atoms with Crippen LogP contribution in [0.5, 0.6) is 0 Å². The summed E-state index contributed by atoms with van der Waals surface area (Å²) >= 11 is 5.83. The largest absolute Gasteiger partial charge is 0.478 e. The molecule has 0 atom stereocenters. The van der Waals surface area contributed by atoms with Gasteiger partial charge in [-0.3, -0.25) is 4.79 Å². The molecule has 0 aliphatic rings. The van der Waals surface area contributed by atoms with Crippen molar-refractivity contribution in [2.75, 3.05) is 5.32 Å². The Morgan fingerprint density at radius 3 is 2.71 bits per heavy atom. The summed E-state index contributed by atoms with van der Waals surface area (Å²) in [5, 5.41) is 11.5. The second kappa shape index (κ2) is 5.92. The zero-order valence-corrected chi connectivity index (χ0v) is 9.62. The minimum Gasteiger partial charge on any atom is -0.478 e. The number of halogens is 1. The molecule has 0 bridgehead atoms. The van der Waals surface area contributed by atoms with E-state index in [9.17, 15) is 9.59 Å². The summed E-state index contributed by atoms with van der Waals surface area (Å²) in [5.41, 5.74) is 0.440. The highest BCUT2D eigenvalue weighted by Gasteiger charge is 2.09. The van der Waals surface area contributed by atoms with Gasteiger partial charge in [0.05, 0.1) is 16.3 Å². The number of terminal acetylenes is 1. The van der Waals surface area contributed by atoms with Crippen LogP contribution < -0.4 is 5.32 Å². The van der Waals surface area contributed by atoms with Gasteiger partial charge in [-0.25, -0.2) is 4.79 Å². The Morgan fingerprint density at radius 1 is 1.47 bits per heavy atom. The number of nitrogens with one attached hydrogen (secondary N) is 1. The third-order valence-corrected chi connectivity index (χ3v) is 2.30. The van der Waals surface area contributed by atoms with Crippen molar-refractivity contribution in [3.63, 3.8) is 0 Å². The predicted octanol–water partition coefficient (Wildman–Crippen LogP) is 2.39. The Hall–Kier alpha value is -1.99. The quantitative estimate of drug-likeness (QED) is 0.808. The van der Waals surface area contributed by atoms with Gasteiger partial charge >= 0.3 is 5.97 Å². The normalized spacial score (nSPS) is 9.41. The van der Waals surface area contributed by atoms with Crippen molar-refractivity contribution in [2.45, 2.75) is 12.8 Å². The van der Waals surface area contributed by atoms with Crippen LogP contribution in [0.4, 0.5) is 5.69 Å². The Balaban J connectivity index is 2.76. The first-order chi connectivity index (χ1) is 8.04. The Bertz CT molecular complexity index is 491. The molecule has 0 aliphatic heterocycles.